The first-order valence-corrected chi connectivity index (χ1v) is 25.1. The normalized spacial score (nSPS) is 26.7. The van der Waals surface area contributed by atoms with Crippen molar-refractivity contribution in [3.8, 4) is 0 Å². The van der Waals surface area contributed by atoms with E-state index >= 15 is 0 Å². The topological polar surface area (TPSA) is 231 Å². The Morgan fingerprint density at radius 1 is 0.492 bits per heavy atom. The molecule has 4 unspecified atom stereocenters. The van der Waals surface area contributed by atoms with Crippen molar-refractivity contribution in [3.63, 3.8) is 0 Å². The first-order chi connectivity index (χ1) is 31.5. The van der Waals surface area contributed by atoms with Gasteiger partial charge in [0.2, 0.25) is 0 Å². The molecule has 0 saturated carbocycles. The Morgan fingerprint density at radius 3 is 1.49 bits per heavy atom. The number of carbonyl (C=O) groups excluding carboxylic acids is 2. The molecule has 2 fully saturated rings. The number of hydrogen-bond donors (Lipinski definition) is 7. The van der Waals surface area contributed by atoms with E-state index in [0.717, 1.165) is 83.5 Å². The van der Waals surface area contributed by atoms with Gasteiger partial charge in [0, 0.05) is 12.8 Å². The lowest BCUT2D eigenvalue weighted by atomic mass is 9.98. The van der Waals surface area contributed by atoms with Gasteiger partial charge in [-0.05, 0) is 64.2 Å². The number of carbonyl (C=O) groups is 2. The van der Waals surface area contributed by atoms with Crippen LogP contribution < -0.4 is 0 Å². The molecule has 2 heterocycles. The van der Waals surface area contributed by atoms with E-state index in [1.165, 1.54) is 51.4 Å². The quantitative estimate of drug-likeness (QED) is 0.0198. The van der Waals surface area contributed by atoms with Gasteiger partial charge in [0.15, 0.2) is 18.7 Å². The molecule has 0 aromatic rings. The maximum absolute atomic E-state index is 13.0. The van der Waals surface area contributed by atoms with Crippen molar-refractivity contribution in [2.75, 3.05) is 26.4 Å². The number of aliphatic hydroxyl groups excluding tert-OH is 7. The zero-order chi connectivity index (χ0) is 47.5. The highest BCUT2D eigenvalue weighted by Gasteiger charge is 2.47. The molecule has 0 aromatic carbocycles. The van der Waals surface area contributed by atoms with E-state index in [9.17, 15) is 45.3 Å². The van der Waals surface area contributed by atoms with Gasteiger partial charge in [-0.1, -0.05) is 134 Å². The van der Waals surface area contributed by atoms with Gasteiger partial charge in [0.25, 0.3) is 0 Å². The Morgan fingerprint density at radius 2 is 0.938 bits per heavy atom. The van der Waals surface area contributed by atoms with Gasteiger partial charge >= 0.3 is 11.9 Å². The largest absolute Gasteiger partial charge is 0.462 e. The van der Waals surface area contributed by atoms with Crippen LogP contribution in [0.1, 0.15) is 174 Å². The van der Waals surface area contributed by atoms with E-state index < -0.39 is 92.7 Å². The molecule has 0 aliphatic carbocycles. The first kappa shape index (κ1) is 58.8. The van der Waals surface area contributed by atoms with Crippen LogP contribution in [0, 0.1) is 0 Å². The van der Waals surface area contributed by atoms with Crippen molar-refractivity contribution < 1.29 is 73.8 Å². The average Bonchev–Trinajstić information content (AvgIpc) is 3.30. The number of allylic oxidation sites excluding steroid dienone is 6. The van der Waals surface area contributed by atoms with E-state index in [1.54, 1.807) is 0 Å². The summed E-state index contributed by atoms with van der Waals surface area (Å²) in [7, 11) is 0. The van der Waals surface area contributed by atoms with Crippen LogP contribution in [0.4, 0.5) is 0 Å². The molecule has 2 saturated heterocycles. The van der Waals surface area contributed by atoms with Gasteiger partial charge in [-0.3, -0.25) is 9.59 Å². The second kappa shape index (κ2) is 37.7. The van der Waals surface area contributed by atoms with Crippen molar-refractivity contribution in [1.29, 1.82) is 0 Å². The van der Waals surface area contributed by atoms with Crippen LogP contribution in [0.3, 0.4) is 0 Å². The summed E-state index contributed by atoms with van der Waals surface area (Å²) in [5.41, 5.74) is 0. The SMILES string of the molecule is CCCC/C=C/C/C=C/CCCCCCCC(=O)OC[C@H](CO[C@@H]1O[C@H](CO[C@@H]2O[C@H](CO)[C@H](O)C(O)C2O)[C@H](O)C(O)C1O)OC(=O)CCCCCCC/C=C/CCCCCCCC. The van der Waals surface area contributed by atoms with Gasteiger partial charge in [-0.15, -0.1) is 0 Å². The van der Waals surface area contributed by atoms with E-state index in [2.05, 4.69) is 50.3 Å². The maximum Gasteiger partial charge on any atom is 0.306 e. The van der Waals surface area contributed by atoms with E-state index in [4.69, 9.17) is 28.4 Å². The predicted molar refractivity (Wildman–Crippen MR) is 247 cm³/mol. The Kier molecular flexibility index (Phi) is 34.1. The number of rotatable bonds is 38. The van der Waals surface area contributed by atoms with Gasteiger partial charge in [0.05, 0.1) is 19.8 Å². The van der Waals surface area contributed by atoms with Gasteiger partial charge in [0.1, 0.15) is 55.4 Å². The minimum absolute atomic E-state index is 0.152. The van der Waals surface area contributed by atoms with Crippen LogP contribution >= 0.6 is 0 Å². The molecule has 0 aromatic heterocycles. The van der Waals surface area contributed by atoms with Crippen LogP contribution in [-0.4, -0.2) is 142 Å². The Balaban J connectivity index is 1.83. The van der Waals surface area contributed by atoms with Crippen LogP contribution in [0.25, 0.3) is 0 Å². The number of hydrogen-bond acceptors (Lipinski definition) is 15. The monoisotopic (exact) mass is 929 g/mol. The molecule has 11 atom stereocenters. The number of ether oxygens (including phenoxy) is 6. The van der Waals surface area contributed by atoms with E-state index in [1.807, 2.05) is 0 Å². The summed E-state index contributed by atoms with van der Waals surface area (Å²) < 4.78 is 33.5. The van der Waals surface area contributed by atoms with Crippen molar-refractivity contribution in [2.24, 2.45) is 0 Å². The fraction of sp³-hybridized carbons (Fsp3) is 0.840. The van der Waals surface area contributed by atoms with E-state index in [-0.39, 0.29) is 26.1 Å². The summed E-state index contributed by atoms with van der Waals surface area (Å²) in [5, 5.41) is 72.0. The lowest BCUT2D eigenvalue weighted by Crippen LogP contribution is -2.61. The average molecular weight is 929 g/mol. The molecule has 0 amide bonds. The summed E-state index contributed by atoms with van der Waals surface area (Å²) in [5.74, 6) is -0.951. The molecular weight excluding hydrogens is 841 g/mol. The molecule has 2 aliphatic heterocycles. The van der Waals surface area contributed by atoms with Crippen molar-refractivity contribution in [1.82, 2.24) is 0 Å². The van der Waals surface area contributed by atoms with Gasteiger partial charge in [-0.2, -0.15) is 0 Å². The molecule has 15 heteroatoms. The summed E-state index contributed by atoms with van der Waals surface area (Å²) in [4.78, 5) is 25.7. The molecule has 2 aliphatic rings. The van der Waals surface area contributed by atoms with Crippen molar-refractivity contribution >= 4 is 11.9 Å². The van der Waals surface area contributed by atoms with E-state index in [0.29, 0.717) is 12.8 Å². The summed E-state index contributed by atoms with van der Waals surface area (Å²) in [6.45, 7) is 2.51. The van der Waals surface area contributed by atoms with Gasteiger partial charge in [-0.25, -0.2) is 0 Å². The zero-order valence-corrected chi connectivity index (χ0v) is 39.7. The smallest absolute Gasteiger partial charge is 0.306 e. The summed E-state index contributed by atoms with van der Waals surface area (Å²) in [6.07, 6.45) is 21.7. The molecule has 0 radical (unpaired) electrons. The third-order valence-corrected chi connectivity index (χ3v) is 11.8. The Bertz CT molecular complexity index is 1280. The van der Waals surface area contributed by atoms with Crippen LogP contribution in [0.5, 0.6) is 0 Å². The first-order valence-electron chi connectivity index (χ1n) is 25.1. The lowest BCUT2D eigenvalue weighted by molar-refractivity contribution is -0.332. The molecule has 0 spiro atoms. The standard InChI is InChI=1S/C50H88O15/c1-3-5-7-9-11-13-15-17-19-21-23-25-27-29-31-33-42(53)63-38(35-60-41(52)32-30-28-26-24-22-20-18-16-14-12-10-8-6-4-2)36-61-49-48(59)46(57)44(55)40(65-49)37-62-50-47(58)45(56)43(54)39(34-51)64-50/h10,12,16-19,38-40,43-51,54-59H,3-9,11,13-15,20-37H2,1-2H3/b12-10+,18-16+,19-17+/t38-,39-,40-,43+,44+,45?,46?,47?,48?,49-,50-/m1/s1. The molecule has 65 heavy (non-hydrogen) atoms. The second-order valence-corrected chi connectivity index (χ2v) is 17.6. The maximum atomic E-state index is 13.0. The van der Waals surface area contributed by atoms with Gasteiger partial charge < -0.3 is 64.2 Å². The fourth-order valence-corrected chi connectivity index (χ4v) is 7.64. The molecule has 0 bridgehead atoms. The van der Waals surface area contributed by atoms with Crippen LogP contribution in [0.2, 0.25) is 0 Å². The molecule has 7 N–H and O–H groups in total. The zero-order valence-electron chi connectivity index (χ0n) is 39.7. The minimum atomic E-state index is -1.77. The van der Waals surface area contributed by atoms with Crippen LogP contribution in [-0.2, 0) is 38.0 Å². The highest BCUT2D eigenvalue weighted by molar-refractivity contribution is 5.70. The van der Waals surface area contributed by atoms with Crippen molar-refractivity contribution in [3.05, 3.63) is 36.5 Å². The lowest BCUT2D eigenvalue weighted by Gasteiger charge is -2.42. The number of unbranched alkanes of at least 4 members (excludes halogenated alkanes) is 18. The summed E-state index contributed by atoms with van der Waals surface area (Å²) in [6, 6.07) is 0. The third-order valence-electron chi connectivity index (χ3n) is 11.8. The third kappa shape index (κ3) is 26.2. The van der Waals surface area contributed by atoms with Crippen molar-refractivity contribution in [2.45, 2.75) is 242 Å². The molecule has 2 rings (SSSR count). The highest BCUT2D eigenvalue weighted by Crippen LogP contribution is 2.26. The molecule has 15 nitrogen and oxygen atoms in total. The molecule has 378 valence electrons. The second-order valence-electron chi connectivity index (χ2n) is 17.6. The Hall–Kier alpha value is -2.28. The highest BCUT2D eigenvalue weighted by atomic mass is 16.7. The fourth-order valence-electron chi connectivity index (χ4n) is 7.64. The summed E-state index contributed by atoms with van der Waals surface area (Å²) >= 11 is 0. The number of esters is 2. The predicted octanol–water partition coefficient (Wildman–Crippen LogP) is 6.54. The number of aliphatic hydroxyl groups is 7. The minimum Gasteiger partial charge on any atom is -0.462 e. The Labute approximate surface area is 389 Å². The molecular formula is C50H88O15. The van der Waals surface area contributed by atoms with Crippen LogP contribution in [0.15, 0.2) is 36.5 Å².